The van der Waals surface area contributed by atoms with Crippen molar-refractivity contribution >= 4 is 110 Å². The molecule has 0 saturated heterocycles. The van der Waals surface area contributed by atoms with Gasteiger partial charge >= 0.3 is 0 Å². The number of hydrogen-bond acceptors (Lipinski definition) is 4. The van der Waals surface area contributed by atoms with Crippen molar-refractivity contribution in [1.29, 1.82) is 0 Å². The van der Waals surface area contributed by atoms with Gasteiger partial charge in [-0.15, -0.1) is 0 Å². The van der Waals surface area contributed by atoms with Crippen molar-refractivity contribution < 1.29 is 8.83 Å². The molecule has 0 fully saturated rings. The van der Waals surface area contributed by atoms with Crippen molar-refractivity contribution in [3.63, 3.8) is 0 Å². The molecule has 1 aliphatic rings. The van der Waals surface area contributed by atoms with E-state index in [0.29, 0.717) is 0 Å². The highest BCUT2D eigenvalue weighted by Crippen LogP contribution is 2.69. The Balaban J connectivity index is 0.977. The lowest BCUT2D eigenvalue weighted by Gasteiger charge is -2.53. The van der Waals surface area contributed by atoms with Crippen LogP contribution in [0.5, 0.6) is 0 Å². The normalized spacial score (nSPS) is 13.2. The van der Waals surface area contributed by atoms with Crippen LogP contribution in [0.4, 0.5) is 34.1 Å². The van der Waals surface area contributed by atoms with E-state index in [-0.39, 0.29) is 10.8 Å². The van der Waals surface area contributed by atoms with Crippen LogP contribution in [0.25, 0.3) is 110 Å². The van der Waals surface area contributed by atoms with E-state index >= 15 is 0 Å². The summed E-state index contributed by atoms with van der Waals surface area (Å²) in [6.45, 7) is 14.9. The summed E-state index contributed by atoms with van der Waals surface area (Å²) in [7, 11) is 0. The van der Waals surface area contributed by atoms with Crippen LogP contribution in [-0.2, 0) is 5.41 Å². The molecule has 0 aliphatic heterocycles. The van der Waals surface area contributed by atoms with Crippen LogP contribution in [-0.4, -0.2) is 0 Å². The molecule has 4 nitrogen and oxygen atoms in total. The highest BCUT2D eigenvalue weighted by molar-refractivity contribution is 6.24. The molecule has 0 radical (unpaired) electrons. The van der Waals surface area contributed by atoms with E-state index in [1.807, 2.05) is 0 Å². The molecule has 0 bridgehead atoms. The van der Waals surface area contributed by atoms with Crippen molar-refractivity contribution in [2.24, 2.45) is 10.8 Å². The van der Waals surface area contributed by atoms with Gasteiger partial charge in [0.25, 0.3) is 0 Å². The topological polar surface area (TPSA) is 32.8 Å². The van der Waals surface area contributed by atoms with Gasteiger partial charge in [-0.25, -0.2) is 0 Å². The van der Waals surface area contributed by atoms with E-state index in [2.05, 4.69) is 318 Å². The number of benzene rings is 13. The van der Waals surface area contributed by atoms with Crippen molar-refractivity contribution in [1.82, 2.24) is 0 Å². The largest absolute Gasteiger partial charge is 0.454 e. The fourth-order valence-corrected chi connectivity index (χ4v) is 15.4. The molecular weight excluding hydrogens is 1030 g/mol. The van der Waals surface area contributed by atoms with Crippen LogP contribution in [0.2, 0.25) is 0 Å². The second-order valence-corrected chi connectivity index (χ2v) is 25.1. The van der Waals surface area contributed by atoms with Crippen LogP contribution in [0.3, 0.4) is 0 Å². The summed E-state index contributed by atoms with van der Waals surface area (Å²) < 4.78 is 13.9. The Morgan fingerprint density at radius 2 is 0.694 bits per heavy atom. The Labute approximate surface area is 495 Å². The molecule has 13 aromatic carbocycles. The zero-order valence-corrected chi connectivity index (χ0v) is 48.6. The molecule has 0 saturated carbocycles. The van der Waals surface area contributed by atoms with Crippen molar-refractivity contribution in [2.45, 2.75) is 47.0 Å². The molecule has 2 heterocycles. The zero-order valence-electron chi connectivity index (χ0n) is 48.6. The maximum atomic E-state index is 6.99. The van der Waals surface area contributed by atoms with Crippen LogP contribution < -0.4 is 9.80 Å². The fourth-order valence-electron chi connectivity index (χ4n) is 15.4. The second kappa shape index (κ2) is 18.9. The van der Waals surface area contributed by atoms with E-state index in [0.717, 1.165) is 89.1 Å². The summed E-state index contributed by atoms with van der Waals surface area (Å²) in [6, 6.07) is 97.6. The summed E-state index contributed by atoms with van der Waals surface area (Å²) in [6.07, 6.45) is 0. The minimum absolute atomic E-state index is 0.316. The number of fused-ring (bicyclic) bond motifs is 16. The second-order valence-electron chi connectivity index (χ2n) is 25.1. The average Bonchev–Trinajstić information content (AvgIpc) is 1.53. The van der Waals surface area contributed by atoms with E-state index in [4.69, 9.17) is 8.83 Å². The van der Waals surface area contributed by atoms with Gasteiger partial charge in [-0.05, 0) is 149 Å². The van der Waals surface area contributed by atoms with E-state index in [1.54, 1.807) is 0 Å². The van der Waals surface area contributed by atoms with Crippen molar-refractivity contribution in [2.75, 3.05) is 9.80 Å². The summed E-state index contributed by atoms with van der Waals surface area (Å²) in [5.74, 6) is 0. The lowest BCUT2D eigenvalue weighted by molar-refractivity contribution is 0.0965. The lowest BCUT2D eigenvalue weighted by Crippen LogP contribution is -2.50. The van der Waals surface area contributed by atoms with E-state index < -0.39 is 5.41 Å². The molecule has 0 amide bonds. The minimum Gasteiger partial charge on any atom is -0.454 e. The molecule has 0 unspecified atom stereocenters. The molecule has 15 aromatic rings. The quantitative estimate of drug-likeness (QED) is 0.142. The monoisotopic (exact) mass is 1090 g/mol. The third-order valence-corrected chi connectivity index (χ3v) is 18.5. The molecule has 0 N–H and O–H groups in total. The number of anilines is 6. The SMILES string of the molecule is CC(C)(C)C1(C(C)(C)C)c2cc(N(c3ccc(-c4ccccc4)cc3)c3cccc4c3oc3ccccc34)c3ccccc3c2-c2c1c1ccc(N(c3ccc(-c4ccccc4)cc3)c3cccc4c3oc3ccccc34)cc1c1ccccc21. The van der Waals surface area contributed by atoms with Gasteiger partial charge in [-0.1, -0.05) is 242 Å². The molecule has 16 rings (SSSR count). The summed E-state index contributed by atoms with van der Waals surface area (Å²) in [5.41, 5.74) is 18.5. The molecule has 4 heteroatoms. The van der Waals surface area contributed by atoms with E-state index in [1.165, 1.54) is 65.7 Å². The highest BCUT2D eigenvalue weighted by Gasteiger charge is 2.59. The third kappa shape index (κ3) is 7.54. The molecule has 0 atom stereocenters. The van der Waals surface area contributed by atoms with Crippen LogP contribution in [0.15, 0.2) is 276 Å². The standard InChI is InChI=1S/C81H62N2O2/c1-79(2,3)81(80(4,5)6)68-50-71(83(56-45-41-54(42-46-56)52-25-11-8-12-26-52)70-36-22-34-66-61-30-18-20-38-73(61)85-78(66)70)59-28-14-16-32-63(59)74(68)75-62-31-15-13-27-58(62)67-49-57(47-48-64(67)76(75)81)82(55-43-39-53(40-44-55)51-23-9-7-10-24-51)69-35-21-33-65-60-29-17-19-37-72(60)84-77(65)69/h7-50H,1-6H3. The summed E-state index contributed by atoms with van der Waals surface area (Å²) in [4.78, 5) is 4.88. The first kappa shape index (κ1) is 50.6. The fraction of sp³-hybridized carbons (Fsp3) is 0.111. The van der Waals surface area contributed by atoms with Crippen molar-refractivity contribution in [3.05, 3.63) is 278 Å². The van der Waals surface area contributed by atoms with Gasteiger partial charge in [-0.2, -0.15) is 0 Å². The first-order chi connectivity index (χ1) is 41.5. The van der Waals surface area contributed by atoms with Gasteiger partial charge < -0.3 is 18.6 Å². The van der Waals surface area contributed by atoms with Crippen LogP contribution >= 0.6 is 0 Å². The number of rotatable bonds is 8. The Kier molecular flexibility index (Phi) is 11.3. The zero-order chi connectivity index (χ0) is 57.3. The summed E-state index contributed by atoms with van der Waals surface area (Å²) >= 11 is 0. The smallest absolute Gasteiger partial charge is 0.159 e. The van der Waals surface area contributed by atoms with Gasteiger partial charge in [0.1, 0.15) is 11.2 Å². The Bertz CT molecular complexity index is 5120. The highest BCUT2D eigenvalue weighted by atomic mass is 16.3. The Morgan fingerprint density at radius 3 is 1.22 bits per heavy atom. The number of nitrogens with zero attached hydrogens (tertiary/aromatic N) is 2. The predicted molar refractivity (Wildman–Crippen MR) is 359 cm³/mol. The Hall–Kier alpha value is -10.2. The maximum absolute atomic E-state index is 6.99. The molecule has 1 aliphatic carbocycles. The minimum atomic E-state index is -0.547. The third-order valence-electron chi connectivity index (χ3n) is 18.5. The van der Waals surface area contributed by atoms with Crippen molar-refractivity contribution in [3.8, 4) is 33.4 Å². The van der Waals surface area contributed by atoms with E-state index in [9.17, 15) is 0 Å². The summed E-state index contributed by atoms with van der Waals surface area (Å²) in [5, 5.41) is 11.7. The van der Waals surface area contributed by atoms with Crippen LogP contribution in [0.1, 0.15) is 52.7 Å². The van der Waals surface area contributed by atoms with Gasteiger partial charge in [0.15, 0.2) is 11.2 Å². The average molecular weight is 1100 g/mol. The lowest BCUT2D eigenvalue weighted by atomic mass is 9.49. The first-order valence-corrected chi connectivity index (χ1v) is 29.7. The van der Waals surface area contributed by atoms with Gasteiger partial charge in [0.2, 0.25) is 0 Å². The number of hydrogen-bond donors (Lipinski definition) is 0. The molecule has 2 aromatic heterocycles. The Morgan fingerprint density at radius 1 is 0.282 bits per heavy atom. The number of para-hydroxylation sites is 4. The van der Waals surface area contributed by atoms with Gasteiger partial charge in [0.05, 0.1) is 17.1 Å². The maximum Gasteiger partial charge on any atom is 0.159 e. The molecule has 408 valence electrons. The van der Waals surface area contributed by atoms with Gasteiger partial charge in [-0.3, -0.25) is 0 Å². The molecular formula is C81H62N2O2. The first-order valence-electron chi connectivity index (χ1n) is 29.7. The number of furan rings is 2. The van der Waals surface area contributed by atoms with Crippen LogP contribution in [0, 0.1) is 10.8 Å². The molecule has 85 heavy (non-hydrogen) atoms. The predicted octanol–water partition coefficient (Wildman–Crippen LogP) is 23.6. The molecule has 0 spiro atoms. The van der Waals surface area contributed by atoms with Gasteiger partial charge in [0, 0.05) is 49.4 Å².